The molecule has 3 nitrogen and oxygen atoms in total. The predicted octanol–water partition coefficient (Wildman–Crippen LogP) is 3.29. The van der Waals surface area contributed by atoms with Crippen LogP contribution in [0.25, 0.3) is 0 Å². The van der Waals surface area contributed by atoms with Crippen molar-refractivity contribution in [3.05, 3.63) is 21.3 Å². The Morgan fingerprint density at radius 3 is 3.11 bits per heavy atom. The molecule has 19 heavy (non-hydrogen) atoms. The molecule has 0 aromatic carbocycles. The van der Waals surface area contributed by atoms with Crippen LogP contribution in [-0.4, -0.2) is 37.2 Å². The van der Waals surface area contributed by atoms with Gasteiger partial charge < -0.3 is 10.5 Å². The van der Waals surface area contributed by atoms with Gasteiger partial charge in [-0.3, -0.25) is 4.90 Å². The van der Waals surface area contributed by atoms with Crippen molar-refractivity contribution >= 4 is 22.9 Å². The lowest BCUT2D eigenvalue weighted by Crippen LogP contribution is -2.43. The average molecular weight is 303 g/mol. The quantitative estimate of drug-likeness (QED) is 0.876. The lowest BCUT2D eigenvalue weighted by molar-refractivity contribution is -0.0114. The highest BCUT2D eigenvalue weighted by molar-refractivity contribution is 7.10. The smallest absolute Gasteiger partial charge is 0.0702 e. The molecule has 1 aliphatic heterocycles. The summed E-state index contributed by atoms with van der Waals surface area (Å²) in [6.07, 6.45) is 3.79. The van der Waals surface area contributed by atoms with Gasteiger partial charge in [0.15, 0.2) is 0 Å². The minimum Gasteiger partial charge on any atom is -0.377 e. The Morgan fingerprint density at radius 2 is 2.47 bits per heavy atom. The number of rotatable bonds is 6. The highest BCUT2D eigenvalue weighted by Crippen LogP contribution is 2.31. The second kappa shape index (κ2) is 7.60. The Hall–Kier alpha value is -0.130. The Kier molecular flexibility index (Phi) is 6.10. The van der Waals surface area contributed by atoms with Crippen molar-refractivity contribution in [1.29, 1.82) is 0 Å². The van der Waals surface area contributed by atoms with Crippen LogP contribution in [0.15, 0.2) is 11.4 Å². The molecule has 1 aromatic rings. The molecule has 5 heteroatoms. The number of hydrogen-bond donors (Lipinski definition) is 1. The van der Waals surface area contributed by atoms with Crippen molar-refractivity contribution in [1.82, 2.24) is 4.90 Å². The molecule has 2 rings (SSSR count). The SMILES string of the molecule is CCCOC1CCCN(C(CN)c2cc(Cl)cs2)C1. The Bertz CT molecular complexity index is 385. The monoisotopic (exact) mass is 302 g/mol. The molecular weight excluding hydrogens is 280 g/mol. The predicted molar refractivity (Wildman–Crippen MR) is 82.0 cm³/mol. The largest absolute Gasteiger partial charge is 0.377 e. The highest BCUT2D eigenvalue weighted by atomic mass is 35.5. The lowest BCUT2D eigenvalue weighted by Gasteiger charge is -2.37. The fourth-order valence-corrected chi connectivity index (χ4v) is 3.85. The van der Waals surface area contributed by atoms with E-state index < -0.39 is 0 Å². The molecule has 1 fully saturated rings. The van der Waals surface area contributed by atoms with Gasteiger partial charge in [-0.15, -0.1) is 11.3 Å². The van der Waals surface area contributed by atoms with E-state index >= 15 is 0 Å². The topological polar surface area (TPSA) is 38.5 Å². The molecule has 2 atom stereocenters. The zero-order valence-electron chi connectivity index (χ0n) is 11.5. The van der Waals surface area contributed by atoms with Gasteiger partial charge in [0, 0.05) is 30.0 Å². The maximum atomic E-state index is 6.02. The van der Waals surface area contributed by atoms with Crippen LogP contribution in [0.4, 0.5) is 0 Å². The van der Waals surface area contributed by atoms with Gasteiger partial charge in [0.25, 0.3) is 0 Å². The van der Waals surface area contributed by atoms with Crippen LogP contribution in [0, 0.1) is 0 Å². The standard InChI is InChI=1S/C14H23ClN2OS/c1-2-6-18-12-4-3-5-17(9-12)13(8-16)14-7-11(15)10-19-14/h7,10,12-13H,2-6,8-9,16H2,1H3. The molecule has 1 aromatic heterocycles. The lowest BCUT2D eigenvalue weighted by atomic mass is 10.0. The molecule has 2 unspecified atom stereocenters. The third-order valence-electron chi connectivity index (χ3n) is 3.55. The molecule has 2 N–H and O–H groups in total. The first-order valence-corrected chi connectivity index (χ1v) is 8.30. The second-order valence-electron chi connectivity index (χ2n) is 5.05. The van der Waals surface area contributed by atoms with Crippen LogP contribution < -0.4 is 5.73 Å². The summed E-state index contributed by atoms with van der Waals surface area (Å²) in [4.78, 5) is 3.72. The summed E-state index contributed by atoms with van der Waals surface area (Å²) < 4.78 is 5.89. The summed E-state index contributed by atoms with van der Waals surface area (Å²) in [6.45, 7) is 5.73. The summed E-state index contributed by atoms with van der Waals surface area (Å²) >= 11 is 7.72. The minimum absolute atomic E-state index is 0.283. The molecule has 2 heterocycles. The van der Waals surface area contributed by atoms with Gasteiger partial charge in [-0.2, -0.15) is 0 Å². The van der Waals surface area contributed by atoms with Crippen molar-refractivity contribution in [2.45, 2.75) is 38.3 Å². The van der Waals surface area contributed by atoms with Crippen molar-refractivity contribution < 1.29 is 4.74 Å². The molecule has 1 aliphatic rings. The second-order valence-corrected chi connectivity index (χ2v) is 6.43. The van der Waals surface area contributed by atoms with Crippen molar-refractivity contribution in [2.24, 2.45) is 5.73 Å². The first-order chi connectivity index (χ1) is 9.24. The minimum atomic E-state index is 0.283. The Morgan fingerprint density at radius 1 is 1.63 bits per heavy atom. The molecule has 0 bridgehead atoms. The van der Waals surface area contributed by atoms with Crippen molar-refractivity contribution in [2.75, 3.05) is 26.2 Å². The molecular formula is C14H23ClN2OS. The molecule has 0 spiro atoms. The maximum absolute atomic E-state index is 6.02. The number of hydrogen-bond acceptors (Lipinski definition) is 4. The Balaban J connectivity index is 1.98. The number of likely N-dealkylation sites (tertiary alicyclic amines) is 1. The number of halogens is 1. The first-order valence-electron chi connectivity index (χ1n) is 7.04. The maximum Gasteiger partial charge on any atom is 0.0702 e. The number of nitrogens with two attached hydrogens (primary N) is 1. The fraction of sp³-hybridized carbons (Fsp3) is 0.714. The molecule has 0 amide bonds. The number of thiophene rings is 1. The van der Waals surface area contributed by atoms with Crippen LogP contribution in [0.5, 0.6) is 0 Å². The molecule has 1 saturated heterocycles. The molecule has 0 radical (unpaired) electrons. The third-order valence-corrected chi connectivity index (χ3v) is 4.93. The van der Waals surface area contributed by atoms with Crippen LogP contribution in [0.3, 0.4) is 0 Å². The van der Waals surface area contributed by atoms with Crippen molar-refractivity contribution in [3.63, 3.8) is 0 Å². The van der Waals surface area contributed by atoms with Gasteiger partial charge >= 0.3 is 0 Å². The van der Waals surface area contributed by atoms with Gasteiger partial charge in [-0.05, 0) is 31.9 Å². The zero-order chi connectivity index (χ0) is 13.7. The number of ether oxygens (including phenoxy) is 1. The van der Waals surface area contributed by atoms with E-state index in [1.54, 1.807) is 11.3 Å². The van der Waals surface area contributed by atoms with E-state index in [-0.39, 0.29) is 6.04 Å². The summed E-state index contributed by atoms with van der Waals surface area (Å²) in [7, 11) is 0. The number of piperidine rings is 1. The average Bonchev–Trinajstić information content (AvgIpc) is 2.84. The van der Waals surface area contributed by atoms with E-state index in [4.69, 9.17) is 22.1 Å². The Labute approximate surface area is 124 Å². The summed E-state index contributed by atoms with van der Waals surface area (Å²) in [5, 5.41) is 2.79. The van der Waals surface area contributed by atoms with Gasteiger partial charge in [0.05, 0.1) is 17.2 Å². The highest BCUT2D eigenvalue weighted by Gasteiger charge is 2.27. The molecule has 0 aliphatic carbocycles. The van der Waals surface area contributed by atoms with Crippen LogP contribution in [0.2, 0.25) is 5.02 Å². The third kappa shape index (κ3) is 4.17. The van der Waals surface area contributed by atoms with Crippen molar-refractivity contribution in [3.8, 4) is 0 Å². The van der Waals surface area contributed by atoms with Gasteiger partial charge in [-0.25, -0.2) is 0 Å². The van der Waals surface area contributed by atoms with E-state index in [0.29, 0.717) is 12.6 Å². The van der Waals surface area contributed by atoms with Crippen LogP contribution >= 0.6 is 22.9 Å². The zero-order valence-corrected chi connectivity index (χ0v) is 13.1. The normalized spacial score (nSPS) is 22.6. The van der Waals surface area contributed by atoms with Gasteiger partial charge in [0.1, 0.15) is 0 Å². The van der Waals surface area contributed by atoms with Crippen LogP contribution in [-0.2, 0) is 4.74 Å². The van der Waals surface area contributed by atoms with Gasteiger partial charge in [-0.1, -0.05) is 18.5 Å². The van der Waals surface area contributed by atoms with E-state index in [9.17, 15) is 0 Å². The summed E-state index contributed by atoms with van der Waals surface area (Å²) in [5.41, 5.74) is 5.97. The van der Waals surface area contributed by atoms with E-state index in [1.807, 2.05) is 11.4 Å². The molecule has 0 saturated carbocycles. The molecule has 108 valence electrons. The van der Waals surface area contributed by atoms with E-state index in [1.165, 1.54) is 17.7 Å². The summed E-state index contributed by atoms with van der Waals surface area (Å²) in [5.74, 6) is 0. The number of nitrogens with zero attached hydrogens (tertiary/aromatic N) is 1. The fourth-order valence-electron chi connectivity index (χ4n) is 2.62. The van der Waals surface area contributed by atoms with Crippen LogP contribution in [0.1, 0.15) is 37.1 Å². The van der Waals surface area contributed by atoms with E-state index in [0.717, 1.165) is 31.1 Å². The summed E-state index contributed by atoms with van der Waals surface area (Å²) in [6, 6.07) is 2.32. The van der Waals surface area contributed by atoms with E-state index in [2.05, 4.69) is 11.8 Å². The van der Waals surface area contributed by atoms with Gasteiger partial charge in [0.2, 0.25) is 0 Å². The first kappa shape index (κ1) is 15.3.